The molecule has 0 spiro atoms. The van der Waals surface area contributed by atoms with Gasteiger partial charge in [0.15, 0.2) is 0 Å². The quantitative estimate of drug-likeness (QED) is 0.711. The monoisotopic (exact) mass is 297 g/mol. The molecule has 0 saturated heterocycles. The Balaban J connectivity index is 1.95. The number of rotatable bonds is 4. The molecule has 0 amide bonds. The van der Waals surface area contributed by atoms with Crippen molar-refractivity contribution in [1.29, 1.82) is 0 Å². The zero-order valence-electron chi connectivity index (χ0n) is 11.9. The van der Waals surface area contributed by atoms with E-state index in [1.54, 1.807) is 25.6 Å². The van der Waals surface area contributed by atoms with E-state index in [0.29, 0.717) is 0 Å². The van der Waals surface area contributed by atoms with Crippen LogP contribution < -0.4 is 9.47 Å². The van der Waals surface area contributed by atoms with Gasteiger partial charge in [0.1, 0.15) is 16.5 Å². The maximum Gasteiger partial charge on any atom is 0.128 e. The summed E-state index contributed by atoms with van der Waals surface area (Å²) in [5.74, 6) is 1.68. The van der Waals surface area contributed by atoms with Crippen LogP contribution in [0.5, 0.6) is 11.5 Å². The van der Waals surface area contributed by atoms with Gasteiger partial charge in [-0.2, -0.15) is 0 Å². The third-order valence-electron chi connectivity index (χ3n) is 3.22. The lowest BCUT2D eigenvalue weighted by Crippen LogP contribution is -1.87. The SMILES string of the molecule is COc1ccc(-c2nc(-c3ccccc3OC)cs2)cc1. The highest BCUT2D eigenvalue weighted by Gasteiger charge is 2.10. The Morgan fingerprint density at radius 1 is 0.905 bits per heavy atom. The van der Waals surface area contributed by atoms with Crippen LogP contribution in [-0.2, 0) is 0 Å². The zero-order chi connectivity index (χ0) is 14.7. The van der Waals surface area contributed by atoms with E-state index in [1.165, 1.54) is 0 Å². The summed E-state index contributed by atoms with van der Waals surface area (Å²) in [5, 5.41) is 3.04. The first-order valence-electron chi connectivity index (χ1n) is 6.55. The minimum Gasteiger partial charge on any atom is -0.497 e. The van der Waals surface area contributed by atoms with Gasteiger partial charge in [-0.15, -0.1) is 11.3 Å². The van der Waals surface area contributed by atoms with Gasteiger partial charge >= 0.3 is 0 Å². The maximum atomic E-state index is 5.39. The highest BCUT2D eigenvalue weighted by atomic mass is 32.1. The van der Waals surface area contributed by atoms with Crippen LogP contribution in [0.25, 0.3) is 21.8 Å². The summed E-state index contributed by atoms with van der Waals surface area (Å²) < 4.78 is 10.6. The van der Waals surface area contributed by atoms with E-state index in [-0.39, 0.29) is 0 Å². The van der Waals surface area contributed by atoms with E-state index in [9.17, 15) is 0 Å². The molecule has 0 aliphatic heterocycles. The third-order valence-corrected chi connectivity index (χ3v) is 4.12. The van der Waals surface area contributed by atoms with Crippen molar-refractivity contribution in [2.75, 3.05) is 14.2 Å². The highest BCUT2D eigenvalue weighted by molar-refractivity contribution is 7.13. The van der Waals surface area contributed by atoms with E-state index in [4.69, 9.17) is 14.5 Å². The summed E-state index contributed by atoms with van der Waals surface area (Å²) in [7, 11) is 3.34. The van der Waals surface area contributed by atoms with Gasteiger partial charge in [-0.3, -0.25) is 0 Å². The summed E-state index contributed by atoms with van der Waals surface area (Å²) in [6.07, 6.45) is 0. The molecule has 1 aromatic heterocycles. The van der Waals surface area contributed by atoms with E-state index in [2.05, 4.69) is 5.38 Å². The number of hydrogen-bond donors (Lipinski definition) is 0. The topological polar surface area (TPSA) is 31.4 Å². The smallest absolute Gasteiger partial charge is 0.128 e. The molecule has 2 aromatic carbocycles. The van der Waals surface area contributed by atoms with Gasteiger partial charge < -0.3 is 9.47 Å². The average molecular weight is 297 g/mol. The first-order valence-corrected chi connectivity index (χ1v) is 7.43. The lowest BCUT2D eigenvalue weighted by molar-refractivity contribution is 0.415. The molecule has 4 heteroatoms. The van der Waals surface area contributed by atoms with Crippen LogP contribution in [-0.4, -0.2) is 19.2 Å². The Bertz CT molecular complexity index is 735. The van der Waals surface area contributed by atoms with Crippen LogP contribution in [0.3, 0.4) is 0 Å². The molecule has 0 radical (unpaired) electrons. The van der Waals surface area contributed by atoms with Gasteiger partial charge in [0, 0.05) is 16.5 Å². The number of para-hydroxylation sites is 1. The number of aromatic nitrogens is 1. The molecule has 3 nitrogen and oxygen atoms in total. The van der Waals surface area contributed by atoms with Crippen LogP contribution >= 0.6 is 11.3 Å². The van der Waals surface area contributed by atoms with Gasteiger partial charge in [-0.25, -0.2) is 4.98 Å². The molecule has 0 fully saturated rings. The van der Waals surface area contributed by atoms with Gasteiger partial charge in [-0.1, -0.05) is 12.1 Å². The van der Waals surface area contributed by atoms with Crippen molar-refractivity contribution in [2.45, 2.75) is 0 Å². The standard InChI is InChI=1S/C17H15NO2S/c1-19-13-9-7-12(8-10-13)17-18-15(11-21-17)14-5-3-4-6-16(14)20-2/h3-11H,1-2H3. The molecule has 3 rings (SSSR count). The Morgan fingerprint density at radius 2 is 1.67 bits per heavy atom. The first-order chi connectivity index (χ1) is 10.3. The summed E-state index contributed by atoms with van der Waals surface area (Å²) in [5.41, 5.74) is 3.03. The summed E-state index contributed by atoms with van der Waals surface area (Å²) in [4.78, 5) is 4.71. The van der Waals surface area contributed by atoms with Crippen molar-refractivity contribution in [2.24, 2.45) is 0 Å². The highest BCUT2D eigenvalue weighted by Crippen LogP contribution is 2.34. The summed E-state index contributed by atoms with van der Waals surface area (Å²) >= 11 is 1.62. The van der Waals surface area contributed by atoms with Crippen LogP contribution in [0.2, 0.25) is 0 Å². The minimum atomic E-state index is 0.837. The summed E-state index contributed by atoms with van der Waals surface area (Å²) in [6.45, 7) is 0. The fourth-order valence-corrected chi connectivity index (χ4v) is 2.95. The number of ether oxygens (including phenoxy) is 2. The second-order valence-electron chi connectivity index (χ2n) is 4.47. The Labute approximate surface area is 127 Å². The van der Waals surface area contributed by atoms with E-state index in [1.807, 2.05) is 48.5 Å². The molecule has 0 saturated carbocycles. The van der Waals surface area contributed by atoms with E-state index < -0.39 is 0 Å². The van der Waals surface area contributed by atoms with Crippen LogP contribution in [0.15, 0.2) is 53.9 Å². The minimum absolute atomic E-state index is 0.837. The molecule has 0 aliphatic carbocycles. The fraction of sp³-hybridized carbons (Fsp3) is 0.118. The lowest BCUT2D eigenvalue weighted by Gasteiger charge is -2.05. The van der Waals surface area contributed by atoms with Gasteiger partial charge in [0.2, 0.25) is 0 Å². The molecule has 3 aromatic rings. The number of thiazole rings is 1. The molecule has 0 aliphatic rings. The summed E-state index contributed by atoms with van der Waals surface area (Å²) in [6, 6.07) is 15.8. The second-order valence-corrected chi connectivity index (χ2v) is 5.32. The Morgan fingerprint density at radius 3 is 2.38 bits per heavy atom. The van der Waals surface area contributed by atoms with Crippen molar-refractivity contribution in [3.63, 3.8) is 0 Å². The van der Waals surface area contributed by atoms with Crippen molar-refractivity contribution >= 4 is 11.3 Å². The van der Waals surface area contributed by atoms with Gasteiger partial charge in [0.05, 0.1) is 19.9 Å². The van der Waals surface area contributed by atoms with Crippen molar-refractivity contribution in [3.8, 4) is 33.3 Å². The number of methoxy groups -OCH3 is 2. The van der Waals surface area contributed by atoms with Crippen LogP contribution in [0.4, 0.5) is 0 Å². The lowest BCUT2D eigenvalue weighted by atomic mass is 10.1. The molecular formula is C17H15NO2S. The molecule has 1 heterocycles. The predicted octanol–water partition coefficient (Wildman–Crippen LogP) is 4.49. The Hall–Kier alpha value is -2.33. The molecule has 0 bridgehead atoms. The number of benzene rings is 2. The normalized spacial score (nSPS) is 10.4. The molecular weight excluding hydrogens is 282 g/mol. The molecule has 106 valence electrons. The second kappa shape index (κ2) is 5.97. The fourth-order valence-electron chi connectivity index (χ4n) is 2.12. The van der Waals surface area contributed by atoms with Gasteiger partial charge in [-0.05, 0) is 36.4 Å². The Kier molecular flexibility index (Phi) is 3.88. The first kappa shape index (κ1) is 13.6. The number of nitrogens with zero attached hydrogens (tertiary/aromatic N) is 1. The third kappa shape index (κ3) is 2.76. The van der Waals surface area contributed by atoms with E-state index >= 15 is 0 Å². The molecule has 0 atom stereocenters. The molecule has 0 unspecified atom stereocenters. The molecule has 0 N–H and O–H groups in total. The van der Waals surface area contributed by atoms with Crippen LogP contribution in [0.1, 0.15) is 0 Å². The van der Waals surface area contributed by atoms with Crippen molar-refractivity contribution < 1.29 is 9.47 Å². The number of hydrogen-bond acceptors (Lipinski definition) is 4. The maximum absolute atomic E-state index is 5.39. The van der Waals surface area contributed by atoms with Gasteiger partial charge in [0.25, 0.3) is 0 Å². The average Bonchev–Trinajstić information content (AvgIpc) is 3.04. The largest absolute Gasteiger partial charge is 0.497 e. The van der Waals surface area contributed by atoms with E-state index in [0.717, 1.165) is 33.3 Å². The predicted molar refractivity (Wildman–Crippen MR) is 86.1 cm³/mol. The van der Waals surface area contributed by atoms with Crippen molar-refractivity contribution in [1.82, 2.24) is 4.98 Å². The van der Waals surface area contributed by atoms with Crippen molar-refractivity contribution in [3.05, 3.63) is 53.9 Å². The molecule has 21 heavy (non-hydrogen) atoms. The zero-order valence-corrected chi connectivity index (χ0v) is 12.7. The van der Waals surface area contributed by atoms with Crippen LogP contribution in [0, 0.1) is 0 Å².